The van der Waals surface area contributed by atoms with Crippen LogP contribution in [0.1, 0.15) is 40.0 Å². The van der Waals surface area contributed by atoms with Crippen molar-refractivity contribution >= 4 is 11.7 Å². The van der Waals surface area contributed by atoms with Crippen molar-refractivity contribution in [2.75, 3.05) is 31.2 Å². The zero-order chi connectivity index (χ0) is 23.3. The van der Waals surface area contributed by atoms with Crippen LogP contribution in [0, 0.1) is 29.3 Å². The van der Waals surface area contributed by atoms with Crippen molar-refractivity contribution < 1.29 is 27.4 Å². The lowest BCUT2D eigenvalue weighted by molar-refractivity contribution is -0.144. The molecule has 1 aliphatic rings. The molecule has 2 aromatic rings. The summed E-state index contributed by atoms with van der Waals surface area (Å²) in [4.78, 5) is 21.1. The van der Waals surface area contributed by atoms with Gasteiger partial charge in [-0.2, -0.15) is 9.37 Å². The standard InChI is InChI=1S/C23H28F3N3O3/c1-4-31-20(30)9-15-5-7-29(8-6-15)21-17(24)10-16(11-18(21)25)22-27-12-19(26)23(28-22)32-13-14(2)3/h10-12,14-15H,4-9,13H2,1-3H3. The van der Waals surface area contributed by atoms with Crippen molar-refractivity contribution in [3.63, 3.8) is 0 Å². The molecule has 2 heterocycles. The van der Waals surface area contributed by atoms with Gasteiger partial charge in [-0.3, -0.25) is 4.79 Å². The molecule has 0 N–H and O–H groups in total. The summed E-state index contributed by atoms with van der Waals surface area (Å²) in [6.07, 6.45) is 2.51. The fraction of sp³-hybridized carbons (Fsp3) is 0.522. The minimum Gasteiger partial charge on any atom is -0.475 e. The normalized spacial score (nSPS) is 14.7. The Morgan fingerprint density at radius 1 is 1.16 bits per heavy atom. The highest BCUT2D eigenvalue weighted by Crippen LogP contribution is 2.32. The number of nitrogens with zero attached hydrogens (tertiary/aromatic N) is 3. The number of anilines is 1. The Morgan fingerprint density at radius 3 is 2.41 bits per heavy atom. The maximum atomic E-state index is 14.9. The molecule has 0 aliphatic carbocycles. The topological polar surface area (TPSA) is 64.5 Å². The maximum Gasteiger partial charge on any atom is 0.306 e. The second-order valence-electron chi connectivity index (χ2n) is 8.28. The minimum atomic E-state index is -0.749. The van der Waals surface area contributed by atoms with Crippen molar-refractivity contribution in [3.05, 3.63) is 35.8 Å². The van der Waals surface area contributed by atoms with E-state index in [2.05, 4.69) is 9.97 Å². The van der Waals surface area contributed by atoms with Crippen LogP contribution in [0.5, 0.6) is 5.88 Å². The first-order valence-corrected chi connectivity index (χ1v) is 10.8. The van der Waals surface area contributed by atoms with E-state index in [-0.39, 0.29) is 47.4 Å². The lowest BCUT2D eigenvalue weighted by atomic mass is 9.93. The summed E-state index contributed by atoms with van der Waals surface area (Å²) < 4.78 is 54.0. The van der Waals surface area contributed by atoms with Gasteiger partial charge in [0.2, 0.25) is 5.82 Å². The van der Waals surface area contributed by atoms with Crippen molar-refractivity contribution in [2.24, 2.45) is 11.8 Å². The van der Waals surface area contributed by atoms with Gasteiger partial charge in [-0.15, -0.1) is 0 Å². The van der Waals surface area contributed by atoms with Crippen LogP contribution in [-0.4, -0.2) is 42.2 Å². The summed E-state index contributed by atoms with van der Waals surface area (Å²) in [7, 11) is 0. The second-order valence-corrected chi connectivity index (χ2v) is 8.28. The van der Waals surface area contributed by atoms with Crippen molar-refractivity contribution in [2.45, 2.75) is 40.0 Å². The van der Waals surface area contributed by atoms with Gasteiger partial charge in [0.05, 0.1) is 19.4 Å². The van der Waals surface area contributed by atoms with Gasteiger partial charge in [-0.05, 0) is 43.7 Å². The van der Waals surface area contributed by atoms with E-state index in [1.807, 2.05) is 13.8 Å². The second kappa shape index (κ2) is 10.7. The lowest BCUT2D eigenvalue weighted by Crippen LogP contribution is -2.35. The molecule has 3 rings (SSSR count). The molecule has 0 spiro atoms. The molecule has 0 amide bonds. The van der Waals surface area contributed by atoms with Crippen LogP contribution in [-0.2, 0) is 9.53 Å². The molecule has 1 aromatic heterocycles. The summed E-state index contributed by atoms with van der Waals surface area (Å²) in [5.74, 6) is -2.47. The first-order chi connectivity index (χ1) is 15.3. The summed E-state index contributed by atoms with van der Waals surface area (Å²) in [6.45, 7) is 7.01. The third kappa shape index (κ3) is 5.89. The number of hydrogen-bond donors (Lipinski definition) is 0. The Labute approximate surface area is 185 Å². The Kier molecular flexibility index (Phi) is 7.93. The molecule has 1 saturated heterocycles. The predicted molar refractivity (Wildman–Crippen MR) is 114 cm³/mol. The van der Waals surface area contributed by atoms with Crippen LogP contribution in [0.2, 0.25) is 0 Å². The fourth-order valence-corrected chi connectivity index (χ4v) is 3.65. The van der Waals surface area contributed by atoms with E-state index < -0.39 is 17.5 Å². The lowest BCUT2D eigenvalue weighted by Gasteiger charge is -2.33. The van der Waals surface area contributed by atoms with Gasteiger partial charge in [0.1, 0.15) is 17.3 Å². The first kappa shape index (κ1) is 23.8. The summed E-state index contributed by atoms with van der Waals surface area (Å²) in [6, 6.07) is 2.28. The number of carbonyl (C=O) groups excluding carboxylic acids is 1. The smallest absolute Gasteiger partial charge is 0.306 e. The molecule has 1 aliphatic heterocycles. The van der Waals surface area contributed by atoms with Crippen molar-refractivity contribution in [1.29, 1.82) is 0 Å². The summed E-state index contributed by atoms with van der Waals surface area (Å²) >= 11 is 0. The SMILES string of the molecule is CCOC(=O)CC1CCN(c2c(F)cc(-c3ncc(F)c(OCC(C)C)n3)cc2F)CC1. The Balaban J connectivity index is 1.74. The van der Waals surface area contributed by atoms with Crippen molar-refractivity contribution in [1.82, 2.24) is 9.97 Å². The van der Waals surface area contributed by atoms with E-state index in [1.54, 1.807) is 11.8 Å². The van der Waals surface area contributed by atoms with Crippen LogP contribution in [0.15, 0.2) is 18.3 Å². The highest BCUT2D eigenvalue weighted by molar-refractivity contribution is 5.69. The molecular formula is C23H28F3N3O3. The number of esters is 1. The maximum absolute atomic E-state index is 14.9. The van der Waals surface area contributed by atoms with E-state index in [0.717, 1.165) is 18.3 Å². The van der Waals surface area contributed by atoms with Gasteiger partial charge in [0.25, 0.3) is 5.88 Å². The van der Waals surface area contributed by atoms with Crippen LogP contribution in [0.25, 0.3) is 11.4 Å². The van der Waals surface area contributed by atoms with Crippen LogP contribution >= 0.6 is 0 Å². The number of halogens is 3. The number of ether oxygens (including phenoxy) is 2. The molecule has 1 aromatic carbocycles. The average molecular weight is 451 g/mol. The zero-order valence-electron chi connectivity index (χ0n) is 18.5. The number of aromatic nitrogens is 2. The third-order valence-corrected chi connectivity index (χ3v) is 5.23. The van der Waals surface area contributed by atoms with Gasteiger partial charge < -0.3 is 14.4 Å². The Bertz CT molecular complexity index is 924. The summed E-state index contributed by atoms with van der Waals surface area (Å²) in [5.41, 5.74) is -0.0305. The number of piperidine rings is 1. The highest BCUT2D eigenvalue weighted by Gasteiger charge is 2.26. The molecule has 0 bridgehead atoms. The zero-order valence-corrected chi connectivity index (χ0v) is 18.5. The number of hydrogen-bond acceptors (Lipinski definition) is 6. The van der Waals surface area contributed by atoms with Crippen molar-refractivity contribution in [3.8, 4) is 17.3 Å². The van der Waals surface area contributed by atoms with Gasteiger partial charge in [-0.1, -0.05) is 13.8 Å². The molecule has 32 heavy (non-hydrogen) atoms. The molecule has 1 fully saturated rings. The summed E-state index contributed by atoms with van der Waals surface area (Å²) in [5, 5.41) is 0. The van der Waals surface area contributed by atoms with Gasteiger partial charge in [0.15, 0.2) is 5.82 Å². The largest absolute Gasteiger partial charge is 0.475 e. The quantitative estimate of drug-likeness (QED) is 0.539. The van der Waals surface area contributed by atoms with E-state index in [1.165, 1.54) is 0 Å². The van der Waals surface area contributed by atoms with E-state index in [9.17, 15) is 18.0 Å². The van der Waals surface area contributed by atoms with Crippen LogP contribution < -0.4 is 9.64 Å². The fourth-order valence-electron chi connectivity index (χ4n) is 3.65. The van der Waals surface area contributed by atoms with E-state index in [4.69, 9.17) is 9.47 Å². The Hall–Kier alpha value is -2.84. The van der Waals surface area contributed by atoms with Crippen LogP contribution in [0.4, 0.5) is 18.9 Å². The Morgan fingerprint density at radius 2 is 1.81 bits per heavy atom. The molecule has 0 unspecified atom stereocenters. The van der Waals surface area contributed by atoms with Gasteiger partial charge in [-0.25, -0.2) is 13.8 Å². The molecular weight excluding hydrogens is 423 g/mol. The molecule has 0 atom stereocenters. The van der Waals surface area contributed by atoms with Gasteiger partial charge in [0, 0.05) is 25.1 Å². The molecule has 0 radical (unpaired) electrons. The minimum absolute atomic E-state index is 0.0253. The monoisotopic (exact) mass is 451 g/mol. The number of benzene rings is 1. The number of rotatable bonds is 8. The van der Waals surface area contributed by atoms with E-state index >= 15 is 0 Å². The third-order valence-electron chi connectivity index (χ3n) is 5.23. The predicted octanol–water partition coefficient (Wildman–Crippen LogP) is 4.77. The molecule has 6 nitrogen and oxygen atoms in total. The van der Waals surface area contributed by atoms with Gasteiger partial charge >= 0.3 is 5.97 Å². The van der Waals surface area contributed by atoms with E-state index in [0.29, 0.717) is 39.0 Å². The first-order valence-electron chi connectivity index (χ1n) is 10.8. The molecule has 9 heteroatoms. The number of carbonyl (C=O) groups is 1. The average Bonchev–Trinajstić information content (AvgIpc) is 2.74. The molecule has 174 valence electrons. The molecule has 0 saturated carbocycles. The highest BCUT2D eigenvalue weighted by atomic mass is 19.1. The van der Waals surface area contributed by atoms with Crippen LogP contribution in [0.3, 0.4) is 0 Å².